The van der Waals surface area contributed by atoms with Crippen molar-refractivity contribution in [2.45, 2.75) is 44.2 Å². The van der Waals surface area contributed by atoms with Crippen LogP contribution < -0.4 is 20.7 Å². The summed E-state index contributed by atoms with van der Waals surface area (Å²) in [6, 6.07) is 0.384. The van der Waals surface area contributed by atoms with Crippen LogP contribution in [0.2, 0.25) is 5.02 Å². The molecular formula is C21H24ClN7O4. The molecule has 0 unspecified atom stereocenters. The third-order valence-electron chi connectivity index (χ3n) is 5.89. The van der Waals surface area contributed by atoms with Crippen LogP contribution in [0.25, 0.3) is 11.0 Å². The van der Waals surface area contributed by atoms with E-state index < -0.39 is 23.9 Å². The molecule has 1 aliphatic carbocycles. The third kappa shape index (κ3) is 5.17. The van der Waals surface area contributed by atoms with E-state index in [-0.39, 0.29) is 35.0 Å². The summed E-state index contributed by atoms with van der Waals surface area (Å²) in [6.07, 6.45) is 4.73. The standard InChI is InChI=1S/C21H24ClN7O4/c1-33-21-15(22)16-14(9-25-21)27-17(29-16)20(32)28-13(6-10-2-3-10)19(31)26-12(8-23)7-11-4-5-24-18(11)30/h9-13H,2-7H2,1H3,(H,24,30)(H,26,31)(H,27,29)(H,28,32)/t11-,12-,13-/m0/s1. The first-order chi connectivity index (χ1) is 15.9. The quantitative estimate of drug-likeness (QED) is 0.423. The van der Waals surface area contributed by atoms with Crippen molar-refractivity contribution in [2.24, 2.45) is 11.8 Å². The molecule has 0 radical (unpaired) electrons. The number of ether oxygens (including phenoxy) is 1. The number of fused-ring (bicyclic) bond motifs is 1. The SMILES string of the molecule is COc1ncc2[nH]c(C(=O)N[C@@H](CC3CC3)C(=O)N[C@H](C#N)C[C@@H]3CCNC3=O)nc2c1Cl. The smallest absolute Gasteiger partial charge is 0.287 e. The van der Waals surface area contributed by atoms with Crippen molar-refractivity contribution in [3.05, 3.63) is 17.0 Å². The van der Waals surface area contributed by atoms with Gasteiger partial charge in [0.15, 0.2) is 5.82 Å². The summed E-state index contributed by atoms with van der Waals surface area (Å²) in [5, 5.41) is 17.8. The van der Waals surface area contributed by atoms with Crippen LogP contribution in [0.5, 0.6) is 5.88 Å². The summed E-state index contributed by atoms with van der Waals surface area (Å²) >= 11 is 6.22. The molecule has 1 aliphatic heterocycles. The van der Waals surface area contributed by atoms with Crippen molar-refractivity contribution in [2.75, 3.05) is 13.7 Å². The number of amides is 3. The van der Waals surface area contributed by atoms with Crippen molar-refractivity contribution in [1.29, 1.82) is 5.26 Å². The lowest BCUT2D eigenvalue weighted by atomic mass is 9.98. The van der Waals surface area contributed by atoms with Crippen LogP contribution >= 0.6 is 11.6 Å². The van der Waals surface area contributed by atoms with Gasteiger partial charge in [0.1, 0.15) is 22.6 Å². The number of imidazole rings is 1. The molecule has 2 fully saturated rings. The van der Waals surface area contributed by atoms with Gasteiger partial charge in [-0.15, -0.1) is 0 Å². The average molecular weight is 474 g/mol. The van der Waals surface area contributed by atoms with Gasteiger partial charge in [0, 0.05) is 12.5 Å². The number of nitriles is 1. The van der Waals surface area contributed by atoms with Crippen LogP contribution in [0.3, 0.4) is 0 Å². The molecular weight excluding hydrogens is 450 g/mol. The number of aromatic amines is 1. The molecule has 1 saturated heterocycles. The molecule has 0 aromatic carbocycles. The topological polar surface area (TPSA) is 162 Å². The lowest BCUT2D eigenvalue weighted by Gasteiger charge is -2.21. The number of nitrogens with one attached hydrogen (secondary N) is 4. The van der Waals surface area contributed by atoms with Crippen molar-refractivity contribution < 1.29 is 19.1 Å². The van der Waals surface area contributed by atoms with Crippen molar-refractivity contribution >= 4 is 40.4 Å². The Labute approximate surface area is 194 Å². The molecule has 11 nitrogen and oxygen atoms in total. The van der Waals surface area contributed by atoms with Gasteiger partial charge in [-0.3, -0.25) is 14.4 Å². The minimum atomic E-state index is -0.838. The monoisotopic (exact) mass is 473 g/mol. The van der Waals surface area contributed by atoms with Crippen LogP contribution in [0.4, 0.5) is 0 Å². The zero-order valence-electron chi connectivity index (χ0n) is 18.0. The van der Waals surface area contributed by atoms with E-state index in [9.17, 15) is 19.6 Å². The van der Waals surface area contributed by atoms with E-state index in [1.165, 1.54) is 13.3 Å². The maximum atomic E-state index is 13.0. The Bertz CT molecular complexity index is 1120. The molecule has 3 atom stereocenters. The van der Waals surface area contributed by atoms with Gasteiger partial charge in [-0.1, -0.05) is 24.4 Å². The molecule has 3 heterocycles. The van der Waals surface area contributed by atoms with Gasteiger partial charge in [0.25, 0.3) is 5.91 Å². The lowest BCUT2D eigenvalue weighted by Crippen LogP contribution is -2.50. The molecule has 2 aromatic rings. The first-order valence-corrected chi connectivity index (χ1v) is 11.1. The highest BCUT2D eigenvalue weighted by atomic mass is 35.5. The van der Waals surface area contributed by atoms with Gasteiger partial charge in [-0.05, 0) is 25.2 Å². The number of nitrogens with zero attached hydrogens (tertiary/aromatic N) is 3. The second-order valence-corrected chi connectivity index (χ2v) is 8.71. The summed E-state index contributed by atoms with van der Waals surface area (Å²) in [5.41, 5.74) is 0.782. The van der Waals surface area contributed by atoms with Gasteiger partial charge in [0.2, 0.25) is 17.7 Å². The number of pyridine rings is 1. The van der Waals surface area contributed by atoms with E-state index in [4.69, 9.17) is 16.3 Å². The maximum Gasteiger partial charge on any atom is 0.287 e. The number of halogens is 1. The number of rotatable bonds is 9. The molecule has 174 valence electrons. The second-order valence-electron chi connectivity index (χ2n) is 8.34. The highest BCUT2D eigenvalue weighted by Gasteiger charge is 2.33. The zero-order valence-corrected chi connectivity index (χ0v) is 18.7. The first-order valence-electron chi connectivity index (χ1n) is 10.8. The molecule has 1 saturated carbocycles. The predicted octanol–water partition coefficient (Wildman–Crippen LogP) is 1.05. The summed E-state index contributed by atoms with van der Waals surface area (Å²) in [5.74, 6) is -0.953. The Morgan fingerprint density at radius 2 is 2.12 bits per heavy atom. The van der Waals surface area contributed by atoms with Gasteiger partial charge in [-0.25, -0.2) is 9.97 Å². The number of carbonyl (C=O) groups is 3. The Morgan fingerprint density at radius 3 is 2.76 bits per heavy atom. The van der Waals surface area contributed by atoms with Gasteiger partial charge in [0.05, 0.1) is 24.9 Å². The van der Waals surface area contributed by atoms with Crippen molar-refractivity contribution in [3.63, 3.8) is 0 Å². The molecule has 33 heavy (non-hydrogen) atoms. The van der Waals surface area contributed by atoms with E-state index in [1.54, 1.807) is 0 Å². The average Bonchev–Trinajstić information content (AvgIpc) is 3.36. The Balaban J connectivity index is 1.45. The molecule has 2 aliphatic rings. The molecule has 0 bridgehead atoms. The van der Waals surface area contributed by atoms with Crippen LogP contribution in [-0.2, 0) is 9.59 Å². The lowest BCUT2D eigenvalue weighted by molar-refractivity contribution is -0.125. The highest BCUT2D eigenvalue weighted by Crippen LogP contribution is 2.34. The molecule has 2 aromatic heterocycles. The Morgan fingerprint density at radius 1 is 1.33 bits per heavy atom. The number of H-pyrrole nitrogens is 1. The highest BCUT2D eigenvalue weighted by molar-refractivity contribution is 6.36. The van der Waals surface area contributed by atoms with Gasteiger partial charge >= 0.3 is 0 Å². The number of methoxy groups -OCH3 is 1. The van der Waals surface area contributed by atoms with Crippen molar-refractivity contribution in [3.8, 4) is 11.9 Å². The van der Waals surface area contributed by atoms with Crippen LogP contribution in [-0.4, -0.2) is 58.4 Å². The summed E-state index contributed by atoms with van der Waals surface area (Å²) in [6.45, 7) is 0.568. The fourth-order valence-electron chi connectivity index (χ4n) is 3.89. The molecule has 12 heteroatoms. The van der Waals surface area contributed by atoms with Crippen LogP contribution in [0.1, 0.15) is 42.7 Å². The number of carbonyl (C=O) groups excluding carboxylic acids is 3. The fourth-order valence-corrected chi connectivity index (χ4v) is 4.16. The van der Waals surface area contributed by atoms with Crippen LogP contribution in [0.15, 0.2) is 6.20 Å². The van der Waals surface area contributed by atoms with Gasteiger partial charge < -0.3 is 25.7 Å². The van der Waals surface area contributed by atoms with E-state index in [2.05, 4.69) is 30.9 Å². The predicted molar refractivity (Wildman–Crippen MR) is 117 cm³/mol. The largest absolute Gasteiger partial charge is 0.480 e. The van der Waals surface area contributed by atoms with E-state index in [0.717, 1.165) is 12.8 Å². The zero-order chi connectivity index (χ0) is 23.5. The minimum absolute atomic E-state index is 0.0185. The molecule has 4 rings (SSSR count). The number of hydrogen-bond donors (Lipinski definition) is 4. The fraction of sp³-hybridized carbons (Fsp3) is 0.524. The first kappa shape index (κ1) is 22.8. The second kappa shape index (κ2) is 9.62. The molecule has 3 amide bonds. The summed E-state index contributed by atoms with van der Waals surface area (Å²) in [7, 11) is 1.43. The molecule has 4 N–H and O–H groups in total. The number of aromatic nitrogens is 3. The van der Waals surface area contributed by atoms with Crippen LogP contribution in [0, 0.1) is 23.2 Å². The third-order valence-corrected chi connectivity index (χ3v) is 6.23. The number of hydrogen-bond acceptors (Lipinski definition) is 7. The summed E-state index contributed by atoms with van der Waals surface area (Å²) in [4.78, 5) is 48.8. The minimum Gasteiger partial charge on any atom is -0.480 e. The summed E-state index contributed by atoms with van der Waals surface area (Å²) < 4.78 is 5.07. The normalized spacial score (nSPS) is 19.4. The Hall–Kier alpha value is -3.39. The van der Waals surface area contributed by atoms with Gasteiger partial charge in [-0.2, -0.15) is 5.26 Å². The van der Waals surface area contributed by atoms with E-state index in [1.807, 2.05) is 6.07 Å². The van der Waals surface area contributed by atoms with E-state index >= 15 is 0 Å². The maximum absolute atomic E-state index is 13.0. The van der Waals surface area contributed by atoms with E-state index in [0.29, 0.717) is 36.3 Å². The Kier molecular flexibility index (Phi) is 6.65. The molecule has 0 spiro atoms. The van der Waals surface area contributed by atoms with Crippen molar-refractivity contribution in [1.82, 2.24) is 30.9 Å².